The maximum atomic E-state index is 13.1. The fraction of sp³-hybridized carbons (Fsp3) is 0.538. The first-order valence-corrected chi connectivity index (χ1v) is 5.40. The van der Waals surface area contributed by atoms with E-state index in [1.54, 1.807) is 13.0 Å². The molecule has 0 aliphatic heterocycles. The minimum Gasteiger partial charge on any atom is -0.324 e. The number of halogens is 1. The molecule has 1 nitrogen and oxygen atoms in total. The van der Waals surface area contributed by atoms with Crippen LogP contribution in [0.25, 0.3) is 0 Å². The molecule has 1 atom stereocenters. The van der Waals surface area contributed by atoms with E-state index in [9.17, 15) is 4.39 Å². The zero-order valence-corrected chi connectivity index (χ0v) is 9.97. The minimum atomic E-state index is -0.166. The molecule has 1 aromatic carbocycles. The number of hydrogen-bond acceptors (Lipinski definition) is 1. The van der Waals surface area contributed by atoms with E-state index < -0.39 is 0 Å². The molecule has 0 saturated carbocycles. The first-order chi connectivity index (χ1) is 6.88. The Hall–Kier alpha value is -0.890. The van der Waals surface area contributed by atoms with Gasteiger partial charge < -0.3 is 5.73 Å². The van der Waals surface area contributed by atoms with E-state index in [-0.39, 0.29) is 17.3 Å². The van der Waals surface area contributed by atoms with E-state index >= 15 is 0 Å². The van der Waals surface area contributed by atoms with Crippen LogP contribution in [0.15, 0.2) is 18.2 Å². The van der Waals surface area contributed by atoms with Crippen LogP contribution in [0.1, 0.15) is 44.4 Å². The third-order valence-corrected chi connectivity index (χ3v) is 3.29. The Kier molecular flexibility index (Phi) is 3.50. The molecule has 2 heteroatoms. The first-order valence-electron chi connectivity index (χ1n) is 5.40. The molecule has 0 aromatic heterocycles. The molecule has 1 unspecified atom stereocenters. The Morgan fingerprint density at radius 2 is 2.00 bits per heavy atom. The predicted octanol–water partition coefficient (Wildman–Crippen LogP) is 3.57. The minimum absolute atomic E-state index is 0.0400. The van der Waals surface area contributed by atoms with E-state index in [0.29, 0.717) is 5.56 Å². The molecule has 0 bridgehead atoms. The van der Waals surface area contributed by atoms with Gasteiger partial charge in [0.2, 0.25) is 0 Å². The summed E-state index contributed by atoms with van der Waals surface area (Å²) in [7, 11) is 0. The summed E-state index contributed by atoms with van der Waals surface area (Å²) < 4.78 is 13.1. The Morgan fingerprint density at radius 3 is 2.47 bits per heavy atom. The van der Waals surface area contributed by atoms with Crippen molar-refractivity contribution in [3.63, 3.8) is 0 Å². The number of rotatable bonds is 3. The standard InChI is InChI=1S/C13H20FN/c1-5-13(3,4)12(15)10-6-7-11(14)9(2)8-10/h6-8,12H,5,15H2,1-4H3. The van der Waals surface area contributed by atoms with E-state index in [2.05, 4.69) is 20.8 Å². The zero-order chi connectivity index (χ0) is 11.6. The van der Waals surface area contributed by atoms with Gasteiger partial charge in [0.15, 0.2) is 0 Å². The number of aryl methyl sites for hydroxylation is 1. The molecule has 1 aromatic rings. The largest absolute Gasteiger partial charge is 0.324 e. The zero-order valence-electron chi connectivity index (χ0n) is 9.97. The second-order valence-corrected chi connectivity index (χ2v) is 4.83. The summed E-state index contributed by atoms with van der Waals surface area (Å²) in [5.41, 5.74) is 7.90. The lowest BCUT2D eigenvalue weighted by Gasteiger charge is -2.31. The summed E-state index contributed by atoms with van der Waals surface area (Å²) >= 11 is 0. The fourth-order valence-corrected chi connectivity index (χ4v) is 1.53. The summed E-state index contributed by atoms with van der Waals surface area (Å²) in [6, 6.07) is 5.08. The maximum Gasteiger partial charge on any atom is 0.126 e. The molecule has 0 amide bonds. The normalized spacial score (nSPS) is 14.0. The number of hydrogen-bond donors (Lipinski definition) is 1. The van der Waals surface area contributed by atoms with Crippen LogP contribution in [0.2, 0.25) is 0 Å². The van der Waals surface area contributed by atoms with E-state index in [1.807, 2.05) is 6.07 Å². The molecule has 0 fully saturated rings. The molecular formula is C13H20FN. The van der Waals surface area contributed by atoms with Crippen LogP contribution in [0.3, 0.4) is 0 Å². The van der Waals surface area contributed by atoms with Gasteiger partial charge in [-0.3, -0.25) is 0 Å². The van der Waals surface area contributed by atoms with Crippen molar-refractivity contribution in [1.29, 1.82) is 0 Å². The quantitative estimate of drug-likeness (QED) is 0.809. The van der Waals surface area contributed by atoms with Gasteiger partial charge in [-0.25, -0.2) is 4.39 Å². The lowest BCUT2D eigenvalue weighted by Crippen LogP contribution is -2.28. The molecule has 0 aliphatic rings. The van der Waals surface area contributed by atoms with Crippen molar-refractivity contribution in [3.05, 3.63) is 35.1 Å². The van der Waals surface area contributed by atoms with Crippen LogP contribution in [0.4, 0.5) is 4.39 Å². The van der Waals surface area contributed by atoms with Gasteiger partial charge >= 0.3 is 0 Å². The maximum absolute atomic E-state index is 13.1. The third-order valence-electron chi connectivity index (χ3n) is 3.29. The monoisotopic (exact) mass is 209 g/mol. The molecule has 0 spiro atoms. The average Bonchev–Trinajstić information content (AvgIpc) is 2.21. The van der Waals surface area contributed by atoms with Crippen molar-refractivity contribution in [1.82, 2.24) is 0 Å². The smallest absolute Gasteiger partial charge is 0.126 e. The molecule has 0 radical (unpaired) electrons. The SMILES string of the molecule is CCC(C)(C)C(N)c1ccc(F)c(C)c1. The fourth-order valence-electron chi connectivity index (χ4n) is 1.53. The summed E-state index contributed by atoms with van der Waals surface area (Å²) in [6.07, 6.45) is 1.00. The molecule has 2 N–H and O–H groups in total. The molecular weight excluding hydrogens is 189 g/mol. The second kappa shape index (κ2) is 4.31. The van der Waals surface area contributed by atoms with E-state index in [1.165, 1.54) is 6.07 Å². The molecule has 15 heavy (non-hydrogen) atoms. The molecule has 84 valence electrons. The average molecular weight is 209 g/mol. The lowest BCUT2D eigenvalue weighted by molar-refractivity contribution is 0.278. The number of nitrogens with two attached hydrogens (primary N) is 1. The highest BCUT2D eigenvalue weighted by molar-refractivity contribution is 5.27. The summed E-state index contributed by atoms with van der Waals surface area (Å²) in [4.78, 5) is 0. The molecule has 0 saturated heterocycles. The van der Waals surface area contributed by atoms with Crippen LogP contribution in [-0.4, -0.2) is 0 Å². The summed E-state index contributed by atoms with van der Waals surface area (Å²) in [6.45, 7) is 8.16. The van der Waals surface area contributed by atoms with Crippen molar-refractivity contribution < 1.29 is 4.39 Å². The highest BCUT2D eigenvalue weighted by Crippen LogP contribution is 2.34. The van der Waals surface area contributed by atoms with Gasteiger partial charge in [-0.15, -0.1) is 0 Å². The van der Waals surface area contributed by atoms with Gasteiger partial charge in [-0.1, -0.05) is 32.9 Å². The van der Waals surface area contributed by atoms with Crippen LogP contribution in [0, 0.1) is 18.2 Å². The first kappa shape index (κ1) is 12.2. The number of benzene rings is 1. The highest BCUT2D eigenvalue weighted by atomic mass is 19.1. The van der Waals surface area contributed by atoms with Crippen LogP contribution < -0.4 is 5.73 Å². The van der Waals surface area contributed by atoms with Gasteiger partial charge in [0.05, 0.1) is 0 Å². The molecule has 0 heterocycles. The Morgan fingerprint density at radius 1 is 1.40 bits per heavy atom. The van der Waals surface area contributed by atoms with Gasteiger partial charge in [0.1, 0.15) is 5.82 Å². The highest BCUT2D eigenvalue weighted by Gasteiger charge is 2.25. The van der Waals surface area contributed by atoms with Crippen molar-refractivity contribution in [2.24, 2.45) is 11.1 Å². The van der Waals surface area contributed by atoms with Gasteiger partial charge in [0.25, 0.3) is 0 Å². The van der Waals surface area contributed by atoms with E-state index in [4.69, 9.17) is 5.73 Å². The summed E-state index contributed by atoms with van der Waals surface area (Å²) in [5, 5.41) is 0. The predicted molar refractivity (Wildman–Crippen MR) is 62.1 cm³/mol. The third kappa shape index (κ3) is 2.57. The Bertz CT molecular complexity index is 344. The van der Waals surface area contributed by atoms with Crippen LogP contribution >= 0.6 is 0 Å². The van der Waals surface area contributed by atoms with Crippen LogP contribution in [0.5, 0.6) is 0 Å². The second-order valence-electron chi connectivity index (χ2n) is 4.83. The lowest BCUT2D eigenvalue weighted by atomic mass is 9.79. The van der Waals surface area contributed by atoms with Crippen molar-refractivity contribution in [2.45, 2.75) is 40.2 Å². The van der Waals surface area contributed by atoms with Crippen LogP contribution in [-0.2, 0) is 0 Å². The van der Waals surface area contributed by atoms with Crippen molar-refractivity contribution >= 4 is 0 Å². The molecule has 1 rings (SSSR count). The Balaban J connectivity index is 3.02. The Labute approximate surface area is 91.5 Å². The van der Waals surface area contributed by atoms with Gasteiger partial charge in [-0.05, 0) is 36.0 Å². The topological polar surface area (TPSA) is 26.0 Å². The molecule has 0 aliphatic carbocycles. The van der Waals surface area contributed by atoms with Gasteiger partial charge in [-0.2, -0.15) is 0 Å². The van der Waals surface area contributed by atoms with Crippen molar-refractivity contribution in [2.75, 3.05) is 0 Å². The summed E-state index contributed by atoms with van der Waals surface area (Å²) in [5.74, 6) is -0.166. The van der Waals surface area contributed by atoms with Gasteiger partial charge in [0, 0.05) is 6.04 Å². The van der Waals surface area contributed by atoms with Crippen molar-refractivity contribution in [3.8, 4) is 0 Å². The van der Waals surface area contributed by atoms with E-state index in [0.717, 1.165) is 12.0 Å².